The molecule has 3 nitrogen and oxygen atoms in total. The zero-order valence-corrected chi connectivity index (χ0v) is 9.64. The molecule has 0 bridgehead atoms. The molecule has 1 aromatic rings. The maximum atomic E-state index is 8.95. The van der Waals surface area contributed by atoms with E-state index in [0.29, 0.717) is 6.47 Å². The average molecular weight is 209 g/mol. The molecule has 0 spiro atoms. The van der Waals surface area contributed by atoms with E-state index in [-0.39, 0.29) is 0 Å². The Balaban J connectivity index is 0.000000423. The molecule has 0 aliphatic carbocycles. The lowest BCUT2D eigenvalue weighted by Gasteiger charge is -2.20. The van der Waals surface area contributed by atoms with Crippen LogP contribution >= 0.6 is 0 Å². The van der Waals surface area contributed by atoms with E-state index in [9.17, 15) is 0 Å². The molecule has 0 aliphatic heterocycles. The fraction of sp³-hybridized carbons (Fsp3) is 0.417. The van der Waals surface area contributed by atoms with Crippen LogP contribution in [0.3, 0.4) is 0 Å². The number of nitrogens with zero attached hydrogens (tertiary/aromatic N) is 1. The van der Waals surface area contributed by atoms with E-state index in [1.807, 2.05) is 6.07 Å². The Labute approximate surface area is 91.7 Å². The van der Waals surface area contributed by atoms with Crippen LogP contribution in [0.5, 0.6) is 0 Å². The first-order valence-electron chi connectivity index (χ1n) is 5.06. The van der Waals surface area contributed by atoms with Crippen LogP contribution in [0, 0.1) is 0 Å². The number of ether oxygens (including phenoxy) is 1. The van der Waals surface area contributed by atoms with Crippen molar-refractivity contribution >= 4 is 12.2 Å². The molecular formula is C12H19NO2. The normalized spacial score (nSPS) is 8.47. The summed E-state index contributed by atoms with van der Waals surface area (Å²) in [6.45, 7) is 6.90. The summed E-state index contributed by atoms with van der Waals surface area (Å²) in [4.78, 5) is 11.3. The van der Waals surface area contributed by atoms with Crippen LogP contribution in [0.1, 0.15) is 13.8 Å². The summed E-state index contributed by atoms with van der Waals surface area (Å²) < 4.78 is 3.86. The van der Waals surface area contributed by atoms with Crippen LogP contribution in [0.15, 0.2) is 30.3 Å². The van der Waals surface area contributed by atoms with Crippen LogP contribution in [-0.2, 0) is 9.53 Å². The van der Waals surface area contributed by atoms with Gasteiger partial charge in [0.05, 0.1) is 7.11 Å². The molecule has 1 aromatic carbocycles. The maximum Gasteiger partial charge on any atom is 0.292 e. The molecule has 0 unspecified atom stereocenters. The molecule has 0 amide bonds. The summed E-state index contributed by atoms with van der Waals surface area (Å²) >= 11 is 0. The van der Waals surface area contributed by atoms with E-state index in [1.165, 1.54) is 12.8 Å². The zero-order chi connectivity index (χ0) is 11.5. The number of benzene rings is 1. The molecule has 0 saturated heterocycles. The molecule has 0 N–H and O–H groups in total. The van der Waals surface area contributed by atoms with Gasteiger partial charge in [0.15, 0.2) is 0 Å². The number of para-hydroxylation sites is 1. The summed E-state index contributed by atoms with van der Waals surface area (Å²) in [7, 11) is 1.31. The molecule has 0 radical (unpaired) electrons. The van der Waals surface area contributed by atoms with Crippen molar-refractivity contribution in [3.63, 3.8) is 0 Å². The first kappa shape index (κ1) is 13.5. The second-order valence-corrected chi connectivity index (χ2v) is 2.84. The van der Waals surface area contributed by atoms with Gasteiger partial charge in [-0.15, -0.1) is 0 Å². The third-order valence-electron chi connectivity index (χ3n) is 1.98. The van der Waals surface area contributed by atoms with Crippen LogP contribution in [0.25, 0.3) is 0 Å². The van der Waals surface area contributed by atoms with Crippen LogP contribution in [0.2, 0.25) is 0 Å². The molecule has 0 heterocycles. The molecule has 1 rings (SSSR count). The molecule has 0 atom stereocenters. The number of carbonyl (C=O) groups excluding carboxylic acids is 1. The minimum absolute atomic E-state index is 0.375. The van der Waals surface area contributed by atoms with E-state index < -0.39 is 0 Å². The van der Waals surface area contributed by atoms with Gasteiger partial charge in [0.2, 0.25) is 0 Å². The number of rotatable bonds is 4. The average Bonchev–Trinajstić information content (AvgIpc) is 2.32. The first-order chi connectivity index (χ1) is 7.29. The molecule has 0 fully saturated rings. The van der Waals surface area contributed by atoms with Gasteiger partial charge < -0.3 is 9.64 Å². The Morgan fingerprint density at radius 3 is 2.00 bits per heavy atom. The number of methoxy groups -OCH3 is 1. The van der Waals surface area contributed by atoms with Crippen molar-refractivity contribution in [3.05, 3.63) is 30.3 Å². The zero-order valence-electron chi connectivity index (χ0n) is 9.64. The van der Waals surface area contributed by atoms with Gasteiger partial charge in [-0.25, -0.2) is 0 Å². The highest BCUT2D eigenvalue weighted by atomic mass is 16.5. The van der Waals surface area contributed by atoms with Gasteiger partial charge >= 0.3 is 0 Å². The topological polar surface area (TPSA) is 29.5 Å². The third kappa shape index (κ3) is 5.73. The van der Waals surface area contributed by atoms with Crippen molar-refractivity contribution < 1.29 is 9.53 Å². The summed E-state index contributed by atoms with van der Waals surface area (Å²) in [5, 5.41) is 0. The van der Waals surface area contributed by atoms with Crippen molar-refractivity contribution in [2.45, 2.75) is 13.8 Å². The minimum atomic E-state index is 0.375. The minimum Gasteiger partial charge on any atom is -0.471 e. The van der Waals surface area contributed by atoms with Gasteiger partial charge in [-0.2, -0.15) is 0 Å². The van der Waals surface area contributed by atoms with Gasteiger partial charge in [0.25, 0.3) is 6.47 Å². The number of hydrogen-bond donors (Lipinski definition) is 0. The van der Waals surface area contributed by atoms with Gasteiger partial charge in [-0.05, 0) is 26.0 Å². The highest BCUT2D eigenvalue weighted by Crippen LogP contribution is 2.11. The second-order valence-electron chi connectivity index (χ2n) is 2.84. The Morgan fingerprint density at radius 1 is 1.20 bits per heavy atom. The lowest BCUT2D eigenvalue weighted by Crippen LogP contribution is -2.21. The quantitative estimate of drug-likeness (QED) is 0.713. The predicted octanol–water partition coefficient (Wildman–Crippen LogP) is 2.32. The van der Waals surface area contributed by atoms with Crippen LogP contribution < -0.4 is 4.90 Å². The fourth-order valence-corrected chi connectivity index (χ4v) is 1.23. The summed E-state index contributed by atoms with van der Waals surface area (Å²) in [5.74, 6) is 0. The van der Waals surface area contributed by atoms with Crippen LogP contribution in [-0.4, -0.2) is 26.7 Å². The molecule has 0 aromatic heterocycles. The molecule has 3 heteroatoms. The molecule has 0 saturated carbocycles. The van der Waals surface area contributed by atoms with E-state index in [1.54, 1.807) is 0 Å². The Kier molecular flexibility index (Phi) is 8.15. The van der Waals surface area contributed by atoms with Gasteiger partial charge in [-0.1, -0.05) is 18.2 Å². The maximum absolute atomic E-state index is 8.95. The lowest BCUT2D eigenvalue weighted by molar-refractivity contribution is -0.126. The number of hydrogen-bond acceptors (Lipinski definition) is 3. The summed E-state index contributed by atoms with van der Waals surface area (Å²) in [5.41, 5.74) is 1.32. The van der Waals surface area contributed by atoms with Gasteiger partial charge in [-0.3, -0.25) is 4.79 Å². The lowest BCUT2D eigenvalue weighted by atomic mass is 10.3. The van der Waals surface area contributed by atoms with Crippen LogP contribution in [0.4, 0.5) is 5.69 Å². The number of anilines is 1. The van der Waals surface area contributed by atoms with Crippen molar-refractivity contribution in [1.29, 1.82) is 0 Å². The molecule has 15 heavy (non-hydrogen) atoms. The van der Waals surface area contributed by atoms with Crippen molar-refractivity contribution in [1.82, 2.24) is 0 Å². The monoisotopic (exact) mass is 209 g/mol. The fourth-order valence-electron chi connectivity index (χ4n) is 1.23. The number of carbonyl (C=O) groups is 1. The molecular weight excluding hydrogens is 190 g/mol. The smallest absolute Gasteiger partial charge is 0.292 e. The first-order valence-corrected chi connectivity index (χ1v) is 5.06. The van der Waals surface area contributed by atoms with Crippen molar-refractivity contribution in [3.8, 4) is 0 Å². The standard InChI is InChI=1S/C10H15N.C2H4O2/c1-3-11(4-2)10-8-6-5-7-9-10;1-4-2-3/h5-9H,3-4H2,1-2H3;2H,1H3. The highest BCUT2D eigenvalue weighted by Gasteiger charge is 1.97. The summed E-state index contributed by atoms with van der Waals surface area (Å²) in [6.07, 6.45) is 0. The van der Waals surface area contributed by atoms with E-state index in [4.69, 9.17) is 4.79 Å². The SMILES string of the molecule is CCN(CC)c1ccccc1.COC=O. The highest BCUT2D eigenvalue weighted by molar-refractivity contribution is 5.45. The predicted molar refractivity (Wildman–Crippen MR) is 63.1 cm³/mol. The van der Waals surface area contributed by atoms with Gasteiger partial charge in [0, 0.05) is 18.8 Å². The largest absolute Gasteiger partial charge is 0.471 e. The Bertz CT molecular complexity index is 245. The van der Waals surface area contributed by atoms with E-state index >= 15 is 0 Å². The third-order valence-corrected chi connectivity index (χ3v) is 1.98. The van der Waals surface area contributed by atoms with Gasteiger partial charge in [0.1, 0.15) is 0 Å². The molecule has 84 valence electrons. The Morgan fingerprint density at radius 2 is 1.67 bits per heavy atom. The molecule has 0 aliphatic rings. The van der Waals surface area contributed by atoms with Crippen molar-refractivity contribution in [2.24, 2.45) is 0 Å². The summed E-state index contributed by atoms with van der Waals surface area (Å²) in [6, 6.07) is 10.5. The van der Waals surface area contributed by atoms with E-state index in [2.05, 4.69) is 47.7 Å². The van der Waals surface area contributed by atoms with E-state index in [0.717, 1.165) is 13.1 Å². The Hall–Kier alpha value is -1.51. The second kappa shape index (κ2) is 9.06. The van der Waals surface area contributed by atoms with Crippen molar-refractivity contribution in [2.75, 3.05) is 25.1 Å².